The van der Waals surface area contributed by atoms with Crippen LogP contribution in [0, 0.1) is 11.3 Å². The Morgan fingerprint density at radius 2 is 1.95 bits per heavy atom. The van der Waals surface area contributed by atoms with Crippen molar-refractivity contribution >= 4 is 23.5 Å². The molecule has 0 spiro atoms. The molecule has 2 aliphatic rings. The van der Waals surface area contributed by atoms with Gasteiger partial charge in [-0.25, -0.2) is 14.4 Å². The summed E-state index contributed by atoms with van der Waals surface area (Å²) < 4.78 is 20.7. The molecule has 0 bridgehead atoms. The fourth-order valence-electron chi connectivity index (χ4n) is 5.24. The van der Waals surface area contributed by atoms with Crippen molar-refractivity contribution in [3.05, 3.63) is 59.9 Å². The Hall–Kier alpha value is -4.71. The first-order valence-electron chi connectivity index (χ1n) is 14.1. The number of nitriles is 1. The smallest absolute Gasteiger partial charge is 0.253 e. The number of benzene rings is 2. The number of likely N-dealkylation sites (N-methyl/N-ethyl adjacent to an activating group) is 2. The zero-order valence-electron chi connectivity index (χ0n) is 24.3. The lowest BCUT2D eigenvalue weighted by Crippen LogP contribution is -2.52. The van der Waals surface area contributed by atoms with Gasteiger partial charge < -0.3 is 30.1 Å². The summed E-state index contributed by atoms with van der Waals surface area (Å²) in [6.45, 7) is 0.583. The SMILES string of the molecule is CN1CCN(C)[C@H](c2ccc(Nc3ncnc(-c4ccc(O[C@H]5CCN(C(=O)[C@@H](O)CO)C[C@@H]5F)c(C#N)c4)n3)cc2)C1=O. The summed E-state index contributed by atoms with van der Waals surface area (Å²) in [6, 6.07) is 13.9. The van der Waals surface area contributed by atoms with Gasteiger partial charge in [0.1, 0.15) is 30.3 Å². The highest BCUT2D eigenvalue weighted by Gasteiger charge is 2.35. The minimum absolute atomic E-state index is 0.0519. The maximum Gasteiger partial charge on any atom is 0.253 e. The van der Waals surface area contributed by atoms with Gasteiger partial charge in [0.15, 0.2) is 18.1 Å². The van der Waals surface area contributed by atoms with Gasteiger partial charge in [0.2, 0.25) is 11.9 Å². The van der Waals surface area contributed by atoms with E-state index in [1.165, 1.54) is 6.33 Å². The van der Waals surface area contributed by atoms with Crippen molar-refractivity contribution in [1.29, 1.82) is 5.26 Å². The van der Waals surface area contributed by atoms with Crippen molar-refractivity contribution in [3.63, 3.8) is 0 Å². The van der Waals surface area contributed by atoms with E-state index in [2.05, 4.69) is 26.3 Å². The highest BCUT2D eigenvalue weighted by Crippen LogP contribution is 2.29. The number of alkyl halides is 1. The van der Waals surface area contributed by atoms with Crippen molar-refractivity contribution in [1.82, 2.24) is 29.7 Å². The van der Waals surface area contributed by atoms with E-state index in [9.17, 15) is 24.3 Å². The second kappa shape index (κ2) is 13.3. The van der Waals surface area contributed by atoms with E-state index in [1.54, 1.807) is 30.1 Å². The van der Waals surface area contributed by atoms with E-state index >= 15 is 0 Å². The number of ether oxygens (including phenoxy) is 1. The molecule has 2 amide bonds. The number of halogens is 1. The van der Waals surface area contributed by atoms with Gasteiger partial charge in [0.05, 0.1) is 18.7 Å². The molecule has 1 aromatic heterocycles. The molecule has 0 radical (unpaired) electrons. The lowest BCUT2D eigenvalue weighted by molar-refractivity contribution is -0.146. The largest absolute Gasteiger partial charge is 0.486 e. The van der Waals surface area contributed by atoms with Crippen LogP contribution < -0.4 is 10.1 Å². The molecule has 2 aliphatic heterocycles. The van der Waals surface area contributed by atoms with Crippen molar-refractivity contribution < 1.29 is 28.9 Å². The van der Waals surface area contributed by atoms with Gasteiger partial charge in [-0.1, -0.05) is 12.1 Å². The van der Waals surface area contributed by atoms with Gasteiger partial charge in [0.25, 0.3) is 5.91 Å². The molecular weight excluding hydrogens is 571 g/mol. The Balaban J connectivity index is 1.25. The second-order valence-corrected chi connectivity index (χ2v) is 10.8. The predicted molar refractivity (Wildman–Crippen MR) is 156 cm³/mol. The van der Waals surface area contributed by atoms with Crippen LogP contribution >= 0.6 is 0 Å². The summed E-state index contributed by atoms with van der Waals surface area (Å²) in [4.78, 5) is 42.6. The Labute approximate surface area is 253 Å². The lowest BCUT2D eigenvalue weighted by atomic mass is 10.0. The highest BCUT2D eigenvalue weighted by molar-refractivity contribution is 5.84. The number of carbonyl (C=O) groups is 2. The molecule has 2 fully saturated rings. The van der Waals surface area contributed by atoms with Crippen molar-refractivity contribution in [2.24, 2.45) is 0 Å². The number of carbonyl (C=O) groups excluding carboxylic acids is 2. The molecule has 44 heavy (non-hydrogen) atoms. The molecule has 3 aromatic rings. The Morgan fingerprint density at radius 3 is 2.66 bits per heavy atom. The number of hydrogen-bond donors (Lipinski definition) is 3. The standard InChI is InChI=1S/C30H33FN8O5/c1-37-11-12-38(2)29(43)26(37)18-3-6-21(7-4-18)35-30-34-17-33-27(36-30)19-5-8-24(20(13-19)14-32)44-25-9-10-39(15-22(25)31)28(42)23(41)16-40/h3-8,13,17,22-23,25-26,40-41H,9-12,15-16H2,1-2H3,(H,33,34,35,36)/t22-,23-,25-,26+/m0/s1. The average Bonchev–Trinajstić information content (AvgIpc) is 3.04. The number of nitrogens with zero attached hydrogens (tertiary/aromatic N) is 7. The number of nitrogens with one attached hydrogen (secondary N) is 1. The van der Waals surface area contributed by atoms with Gasteiger partial charge in [-0.3, -0.25) is 14.5 Å². The number of aliphatic hydroxyl groups is 2. The third-order valence-corrected chi connectivity index (χ3v) is 7.78. The van der Waals surface area contributed by atoms with Crippen LogP contribution in [0.3, 0.4) is 0 Å². The van der Waals surface area contributed by atoms with Crippen LogP contribution in [-0.4, -0.2) is 117 Å². The van der Waals surface area contributed by atoms with Gasteiger partial charge in [0, 0.05) is 44.4 Å². The van der Waals surface area contributed by atoms with Crippen LogP contribution in [0.2, 0.25) is 0 Å². The number of likely N-dealkylation sites (tertiary alicyclic amines) is 1. The molecule has 4 atom stereocenters. The molecule has 2 saturated heterocycles. The summed E-state index contributed by atoms with van der Waals surface area (Å²) in [5.41, 5.74) is 2.28. The van der Waals surface area contributed by atoms with Crippen LogP contribution in [0.15, 0.2) is 48.8 Å². The van der Waals surface area contributed by atoms with Crippen LogP contribution in [-0.2, 0) is 9.59 Å². The number of hydrogen-bond acceptors (Lipinski definition) is 11. The van der Waals surface area contributed by atoms with Crippen LogP contribution in [0.1, 0.15) is 23.6 Å². The predicted octanol–water partition coefficient (Wildman–Crippen LogP) is 1.27. The average molecular weight is 605 g/mol. The van der Waals surface area contributed by atoms with Crippen LogP contribution in [0.5, 0.6) is 5.75 Å². The Kier molecular flexibility index (Phi) is 9.29. The number of amides is 2. The molecule has 230 valence electrons. The second-order valence-electron chi connectivity index (χ2n) is 10.8. The number of piperidine rings is 1. The molecule has 0 saturated carbocycles. The molecule has 0 unspecified atom stereocenters. The Morgan fingerprint density at radius 1 is 1.18 bits per heavy atom. The normalized spacial score (nSPS) is 21.5. The third kappa shape index (κ3) is 6.60. The van der Waals surface area contributed by atoms with Gasteiger partial charge >= 0.3 is 0 Å². The van der Waals surface area contributed by atoms with Crippen LogP contribution in [0.4, 0.5) is 16.0 Å². The molecule has 0 aliphatic carbocycles. The van der Waals surface area contributed by atoms with E-state index in [1.807, 2.05) is 36.2 Å². The van der Waals surface area contributed by atoms with Crippen LogP contribution in [0.25, 0.3) is 11.4 Å². The molecule has 3 N–H and O–H groups in total. The summed E-state index contributed by atoms with van der Waals surface area (Å²) in [7, 11) is 3.74. The molecule has 14 heteroatoms. The third-order valence-electron chi connectivity index (χ3n) is 7.78. The topological polar surface area (TPSA) is 168 Å². The summed E-state index contributed by atoms with van der Waals surface area (Å²) in [5, 5.41) is 31.5. The van der Waals surface area contributed by atoms with Gasteiger partial charge in [-0.15, -0.1) is 0 Å². The van der Waals surface area contributed by atoms with E-state index < -0.39 is 30.9 Å². The van der Waals surface area contributed by atoms with E-state index in [0.717, 1.165) is 17.0 Å². The fourth-order valence-corrected chi connectivity index (χ4v) is 5.24. The first-order valence-corrected chi connectivity index (χ1v) is 14.1. The zero-order chi connectivity index (χ0) is 31.4. The molecule has 5 rings (SSSR count). The van der Waals surface area contributed by atoms with Gasteiger partial charge in [-0.05, 0) is 42.9 Å². The minimum atomic E-state index is -1.59. The zero-order valence-corrected chi connectivity index (χ0v) is 24.3. The molecule has 3 heterocycles. The number of anilines is 2. The van der Waals surface area contributed by atoms with Gasteiger partial charge in [-0.2, -0.15) is 10.2 Å². The van der Waals surface area contributed by atoms with Crippen molar-refractivity contribution in [2.45, 2.75) is 30.8 Å². The summed E-state index contributed by atoms with van der Waals surface area (Å²) in [6.07, 6.45) is -2.56. The summed E-state index contributed by atoms with van der Waals surface area (Å²) in [5.74, 6) is 0.0731. The fraction of sp³-hybridized carbons (Fsp3) is 0.400. The monoisotopic (exact) mass is 604 g/mol. The van der Waals surface area contributed by atoms with Crippen molar-refractivity contribution in [2.75, 3.05) is 52.2 Å². The maximum absolute atomic E-state index is 14.9. The number of aromatic nitrogens is 3. The quantitative estimate of drug-likeness (QED) is 0.339. The number of piperazine rings is 1. The maximum atomic E-state index is 14.9. The molecular formula is C30H33FN8O5. The molecule has 2 aromatic carbocycles. The van der Waals surface area contributed by atoms with E-state index in [-0.39, 0.29) is 48.7 Å². The molecule has 13 nitrogen and oxygen atoms in total. The first-order chi connectivity index (χ1) is 21.2. The minimum Gasteiger partial charge on any atom is -0.486 e. The number of aliphatic hydroxyl groups excluding tert-OH is 2. The summed E-state index contributed by atoms with van der Waals surface area (Å²) >= 11 is 0. The van der Waals surface area contributed by atoms with Crippen molar-refractivity contribution in [3.8, 4) is 23.2 Å². The van der Waals surface area contributed by atoms with E-state index in [4.69, 9.17) is 9.84 Å². The Bertz CT molecular complexity index is 1550. The number of rotatable bonds is 8. The first kappa shape index (κ1) is 30.7. The highest BCUT2D eigenvalue weighted by atomic mass is 19.1. The lowest BCUT2D eigenvalue weighted by Gasteiger charge is -2.37. The van der Waals surface area contributed by atoms with E-state index in [0.29, 0.717) is 23.6 Å².